The molecule has 0 aliphatic heterocycles. The van der Waals surface area contributed by atoms with Crippen molar-refractivity contribution in [2.45, 2.75) is 6.54 Å². The van der Waals surface area contributed by atoms with Crippen LogP contribution in [-0.2, 0) is 13.6 Å². The lowest BCUT2D eigenvalue weighted by atomic mass is 10.4. The van der Waals surface area contributed by atoms with Gasteiger partial charge in [0, 0.05) is 13.1 Å². The molecule has 17 heavy (non-hydrogen) atoms. The fourth-order valence-electron chi connectivity index (χ4n) is 1.24. The van der Waals surface area contributed by atoms with Crippen molar-refractivity contribution in [1.82, 2.24) is 19.7 Å². The Morgan fingerprint density at radius 3 is 2.82 bits per heavy atom. The van der Waals surface area contributed by atoms with Crippen LogP contribution in [0.25, 0.3) is 0 Å². The molecule has 0 atom stereocenters. The molecule has 0 aromatic carbocycles. The molecule has 0 saturated carbocycles. The van der Waals surface area contributed by atoms with Gasteiger partial charge in [0.2, 0.25) is 0 Å². The number of aryl methyl sites for hydroxylation is 1. The molecule has 8 nitrogen and oxygen atoms in total. The van der Waals surface area contributed by atoms with Crippen molar-refractivity contribution in [3.05, 3.63) is 40.6 Å². The zero-order valence-corrected chi connectivity index (χ0v) is 9.07. The Labute approximate surface area is 96.5 Å². The summed E-state index contributed by atoms with van der Waals surface area (Å²) in [4.78, 5) is 17.6. The number of nitrogens with one attached hydrogen (secondary N) is 1. The molecule has 0 unspecified atom stereocenters. The maximum Gasteiger partial charge on any atom is 0.363 e. The van der Waals surface area contributed by atoms with Crippen molar-refractivity contribution in [3.8, 4) is 0 Å². The number of anilines is 1. The first-order chi connectivity index (χ1) is 8.15. The van der Waals surface area contributed by atoms with E-state index < -0.39 is 4.92 Å². The summed E-state index contributed by atoms with van der Waals surface area (Å²) in [5, 5.41) is 17.5. The summed E-state index contributed by atoms with van der Waals surface area (Å²) in [6.45, 7) is 0.445. The Bertz CT molecular complexity index is 521. The molecule has 2 aromatic rings. The molecule has 2 heterocycles. The zero-order valence-electron chi connectivity index (χ0n) is 9.07. The Kier molecular flexibility index (Phi) is 2.95. The highest BCUT2D eigenvalue weighted by molar-refractivity contribution is 5.43. The molecule has 1 N–H and O–H groups in total. The molecule has 0 saturated heterocycles. The Morgan fingerprint density at radius 2 is 2.29 bits per heavy atom. The third kappa shape index (κ3) is 2.74. The summed E-state index contributed by atoms with van der Waals surface area (Å²) in [7, 11) is 1.78. The number of nitro groups is 1. The second kappa shape index (κ2) is 4.56. The molecule has 0 fully saturated rings. The normalized spacial score (nSPS) is 10.2. The second-order valence-corrected chi connectivity index (χ2v) is 3.35. The lowest BCUT2D eigenvalue weighted by Gasteiger charge is -2.00. The lowest BCUT2D eigenvalue weighted by molar-refractivity contribution is -0.389. The number of rotatable bonds is 4. The number of nitrogens with zero attached hydrogens (tertiary/aromatic N) is 5. The van der Waals surface area contributed by atoms with Gasteiger partial charge in [0.25, 0.3) is 0 Å². The molecule has 0 bridgehead atoms. The number of hydrogen-bond acceptors (Lipinski definition) is 6. The van der Waals surface area contributed by atoms with Gasteiger partial charge in [0.15, 0.2) is 12.0 Å². The van der Waals surface area contributed by atoms with Gasteiger partial charge in [-0.1, -0.05) is 0 Å². The highest BCUT2D eigenvalue weighted by Gasteiger charge is 2.06. The molecule has 2 aromatic heterocycles. The minimum absolute atomic E-state index is 0.175. The van der Waals surface area contributed by atoms with Gasteiger partial charge in [-0.15, -0.1) is 0 Å². The van der Waals surface area contributed by atoms with Crippen LogP contribution in [0.3, 0.4) is 0 Å². The van der Waals surface area contributed by atoms with Gasteiger partial charge in [0.1, 0.15) is 6.33 Å². The minimum Gasteiger partial charge on any atom is -0.375 e. The highest BCUT2D eigenvalue weighted by atomic mass is 16.6. The average Bonchev–Trinajstić information content (AvgIpc) is 2.73. The fourth-order valence-corrected chi connectivity index (χ4v) is 1.24. The number of pyridine rings is 1. The zero-order chi connectivity index (χ0) is 12.3. The SMILES string of the molecule is Cn1cnc(CNc2ccc([N+](=O)[O-])nc2)n1. The van der Waals surface area contributed by atoms with E-state index in [2.05, 4.69) is 20.4 Å². The first kappa shape index (κ1) is 11.0. The van der Waals surface area contributed by atoms with Gasteiger partial charge in [-0.25, -0.2) is 4.98 Å². The second-order valence-electron chi connectivity index (χ2n) is 3.35. The molecule has 2 rings (SSSR count). The van der Waals surface area contributed by atoms with Gasteiger partial charge < -0.3 is 15.4 Å². The Balaban J connectivity index is 1.97. The van der Waals surface area contributed by atoms with Crippen molar-refractivity contribution >= 4 is 11.5 Å². The predicted molar refractivity (Wildman–Crippen MR) is 59.2 cm³/mol. The molecule has 0 aliphatic carbocycles. The van der Waals surface area contributed by atoms with Crippen LogP contribution in [0.15, 0.2) is 24.7 Å². The van der Waals surface area contributed by atoms with Crippen LogP contribution in [0, 0.1) is 10.1 Å². The van der Waals surface area contributed by atoms with Crippen LogP contribution >= 0.6 is 0 Å². The molecular weight excluding hydrogens is 224 g/mol. The molecule has 0 radical (unpaired) electrons. The molecule has 0 aliphatic rings. The molecule has 88 valence electrons. The largest absolute Gasteiger partial charge is 0.375 e. The van der Waals surface area contributed by atoms with Crippen LogP contribution in [-0.4, -0.2) is 24.7 Å². The van der Waals surface area contributed by atoms with Crippen LogP contribution in [0.2, 0.25) is 0 Å². The summed E-state index contributed by atoms with van der Waals surface area (Å²) >= 11 is 0. The van der Waals surface area contributed by atoms with Crippen LogP contribution in [0.1, 0.15) is 5.82 Å². The van der Waals surface area contributed by atoms with E-state index in [4.69, 9.17) is 0 Å². The summed E-state index contributed by atoms with van der Waals surface area (Å²) in [5.41, 5.74) is 0.683. The quantitative estimate of drug-likeness (QED) is 0.618. The van der Waals surface area contributed by atoms with Crippen LogP contribution in [0.4, 0.5) is 11.5 Å². The number of aromatic nitrogens is 4. The molecular formula is C9H10N6O2. The van der Waals surface area contributed by atoms with E-state index in [9.17, 15) is 10.1 Å². The highest BCUT2D eigenvalue weighted by Crippen LogP contribution is 2.11. The maximum atomic E-state index is 10.4. The van der Waals surface area contributed by atoms with E-state index in [0.717, 1.165) is 0 Å². The lowest BCUT2D eigenvalue weighted by Crippen LogP contribution is -2.03. The van der Waals surface area contributed by atoms with Crippen molar-refractivity contribution in [2.24, 2.45) is 7.05 Å². The van der Waals surface area contributed by atoms with E-state index >= 15 is 0 Å². The first-order valence-corrected chi connectivity index (χ1v) is 4.84. The van der Waals surface area contributed by atoms with E-state index in [1.165, 1.54) is 12.3 Å². The van der Waals surface area contributed by atoms with Crippen molar-refractivity contribution in [2.75, 3.05) is 5.32 Å². The predicted octanol–water partition coefficient (Wildman–Crippen LogP) is 0.730. The summed E-state index contributed by atoms with van der Waals surface area (Å²) in [5.74, 6) is 0.470. The van der Waals surface area contributed by atoms with E-state index in [1.54, 1.807) is 24.1 Å². The van der Waals surface area contributed by atoms with Gasteiger partial charge in [-0.3, -0.25) is 4.68 Å². The fraction of sp³-hybridized carbons (Fsp3) is 0.222. The van der Waals surface area contributed by atoms with Gasteiger partial charge in [-0.2, -0.15) is 5.10 Å². The van der Waals surface area contributed by atoms with Crippen molar-refractivity contribution in [3.63, 3.8) is 0 Å². The summed E-state index contributed by atoms with van der Waals surface area (Å²) in [6, 6.07) is 2.93. The standard InChI is InChI=1S/C9H10N6O2/c1-14-6-12-8(13-14)5-10-7-2-3-9(11-4-7)15(16)17/h2-4,6,10H,5H2,1H3. The smallest absolute Gasteiger partial charge is 0.363 e. The van der Waals surface area contributed by atoms with Crippen molar-refractivity contribution in [1.29, 1.82) is 0 Å². The molecule has 0 spiro atoms. The third-order valence-electron chi connectivity index (χ3n) is 2.03. The monoisotopic (exact) mass is 234 g/mol. The minimum atomic E-state index is -0.538. The Morgan fingerprint density at radius 1 is 1.47 bits per heavy atom. The van der Waals surface area contributed by atoms with Crippen LogP contribution in [0.5, 0.6) is 0 Å². The van der Waals surface area contributed by atoms with E-state index in [0.29, 0.717) is 18.1 Å². The van der Waals surface area contributed by atoms with Gasteiger partial charge >= 0.3 is 5.82 Å². The van der Waals surface area contributed by atoms with Crippen molar-refractivity contribution < 1.29 is 4.92 Å². The third-order valence-corrected chi connectivity index (χ3v) is 2.03. The van der Waals surface area contributed by atoms with E-state index in [1.807, 2.05) is 0 Å². The summed E-state index contributed by atoms with van der Waals surface area (Å²) < 4.78 is 1.60. The van der Waals surface area contributed by atoms with Gasteiger partial charge in [-0.05, 0) is 16.0 Å². The van der Waals surface area contributed by atoms with E-state index in [-0.39, 0.29) is 5.82 Å². The topological polar surface area (TPSA) is 98.8 Å². The first-order valence-electron chi connectivity index (χ1n) is 4.84. The molecule has 0 amide bonds. The molecule has 8 heteroatoms. The number of hydrogen-bond donors (Lipinski definition) is 1. The maximum absolute atomic E-state index is 10.4. The van der Waals surface area contributed by atoms with Gasteiger partial charge in [0.05, 0.1) is 12.2 Å². The summed E-state index contributed by atoms with van der Waals surface area (Å²) in [6.07, 6.45) is 3.01. The van der Waals surface area contributed by atoms with Crippen LogP contribution < -0.4 is 5.32 Å². The Hall–Kier alpha value is -2.51. The average molecular weight is 234 g/mol.